The number of benzene rings is 12. The summed E-state index contributed by atoms with van der Waals surface area (Å²) in [6.07, 6.45) is 0. The molecule has 346 valence electrons. The summed E-state index contributed by atoms with van der Waals surface area (Å²) in [5.41, 5.74) is 21.3. The summed E-state index contributed by atoms with van der Waals surface area (Å²) in [5.74, 6) is 0. The first kappa shape index (κ1) is 43.8. The Morgan fingerprint density at radius 2 is 0.575 bits per heavy atom. The van der Waals surface area contributed by atoms with Gasteiger partial charge in [0.1, 0.15) is 0 Å². The third-order valence-corrected chi connectivity index (χ3v) is 15.0. The van der Waals surface area contributed by atoms with Gasteiger partial charge in [0.2, 0.25) is 0 Å². The van der Waals surface area contributed by atoms with E-state index in [4.69, 9.17) is 0 Å². The van der Waals surface area contributed by atoms with Crippen molar-refractivity contribution in [2.45, 2.75) is 19.3 Å². The molecule has 0 saturated carbocycles. The highest BCUT2D eigenvalue weighted by atomic mass is 15.1. The Morgan fingerprint density at radius 1 is 0.247 bits per heavy atom. The first-order valence-electron chi connectivity index (χ1n) is 25.3. The normalized spacial score (nSPS) is 12.4. The maximum absolute atomic E-state index is 2.41. The Kier molecular flexibility index (Phi) is 10.9. The number of hydrogen-bond acceptors (Lipinski definition) is 2. The zero-order chi connectivity index (χ0) is 48.9. The van der Waals surface area contributed by atoms with Crippen LogP contribution in [-0.4, -0.2) is 0 Å². The van der Waals surface area contributed by atoms with E-state index < -0.39 is 0 Å². The smallest absolute Gasteiger partial charge is 0.0467 e. The molecule has 2 heteroatoms. The van der Waals surface area contributed by atoms with Crippen molar-refractivity contribution in [3.8, 4) is 55.6 Å². The van der Waals surface area contributed by atoms with Gasteiger partial charge in [-0.3, -0.25) is 0 Å². The zero-order valence-electron chi connectivity index (χ0n) is 41.0. The maximum Gasteiger partial charge on any atom is 0.0467 e. The van der Waals surface area contributed by atoms with Crippen molar-refractivity contribution < 1.29 is 0 Å². The monoisotopic (exact) mass is 932 g/mol. The van der Waals surface area contributed by atoms with Gasteiger partial charge >= 0.3 is 0 Å². The first-order valence-corrected chi connectivity index (χ1v) is 25.3. The van der Waals surface area contributed by atoms with E-state index in [1.165, 1.54) is 77.2 Å². The Morgan fingerprint density at radius 3 is 0.986 bits per heavy atom. The predicted octanol–water partition coefficient (Wildman–Crippen LogP) is 19.9. The molecule has 0 amide bonds. The fourth-order valence-corrected chi connectivity index (χ4v) is 11.3. The van der Waals surface area contributed by atoms with Crippen molar-refractivity contribution in [3.05, 3.63) is 290 Å². The first-order chi connectivity index (χ1) is 35.9. The molecule has 0 radical (unpaired) electrons. The molecule has 2 nitrogen and oxygen atoms in total. The second-order valence-corrected chi connectivity index (χ2v) is 19.7. The van der Waals surface area contributed by atoms with Gasteiger partial charge in [0.15, 0.2) is 0 Å². The quantitative estimate of drug-likeness (QED) is 0.119. The Hall–Kier alpha value is -9.24. The summed E-state index contributed by atoms with van der Waals surface area (Å²) in [4.78, 5) is 4.74. The number of nitrogens with zero attached hydrogens (tertiary/aromatic N) is 2. The van der Waals surface area contributed by atoms with Crippen LogP contribution in [0.25, 0.3) is 77.2 Å². The molecule has 12 aromatic rings. The fraction of sp³-hybridized carbons (Fsp3) is 0.0423. The summed E-state index contributed by atoms with van der Waals surface area (Å²) in [6.45, 7) is 4.73. The summed E-state index contributed by atoms with van der Waals surface area (Å²) >= 11 is 0. The molecule has 0 saturated heterocycles. The van der Waals surface area contributed by atoms with Crippen molar-refractivity contribution in [2.24, 2.45) is 0 Å². The van der Waals surface area contributed by atoms with Gasteiger partial charge in [0.25, 0.3) is 0 Å². The molecule has 1 aliphatic carbocycles. The van der Waals surface area contributed by atoms with Crippen LogP contribution in [-0.2, 0) is 5.41 Å². The molecule has 13 rings (SSSR count). The van der Waals surface area contributed by atoms with E-state index in [-0.39, 0.29) is 5.41 Å². The van der Waals surface area contributed by atoms with Crippen LogP contribution in [0.4, 0.5) is 34.1 Å². The number of hydrogen-bond donors (Lipinski definition) is 0. The third kappa shape index (κ3) is 7.95. The standard InChI is InChI=1S/C71H52N2/c1-71(2)67-25-13-22-58-48-66(65-24-14-26-68(71)70(65)69(58)67)57-21-12-23-64(47-57)73(62-43-31-54(32-44-62)51-19-10-5-11-20-51)63-45-35-56(36-46-63)55-33-41-61(42-34-55)72(59-37-27-52(28-38-59)49-15-6-3-7-16-49)60-39-29-53(30-40-60)50-17-8-4-9-18-50/h3-48H,1-2H3. The molecule has 0 aromatic heterocycles. The SMILES string of the molecule is CC1(C)c2cccc3cc(-c4cccc(N(c5ccc(-c6ccccc6)cc5)c5ccc(-c6ccc(N(c7ccc(-c8ccccc8)cc7)c7ccc(-c8ccccc8)cc7)cc6)cc5)c4)c4cccc1c4c23. The van der Waals surface area contributed by atoms with Gasteiger partial charge in [0.05, 0.1) is 0 Å². The topological polar surface area (TPSA) is 6.48 Å². The van der Waals surface area contributed by atoms with Gasteiger partial charge in [-0.2, -0.15) is 0 Å². The van der Waals surface area contributed by atoms with E-state index in [9.17, 15) is 0 Å². The molecule has 0 spiro atoms. The lowest BCUT2D eigenvalue weighted by atomic mass is 9.82. The molecular formula is C71H52N2. The van der Waals surface area contributed by atoms with Crippen LogP contribution >= 0.6 is 0 Å². The summed E-state index contributed by atoms with van der Waals surface area (Å²) in [7, 11) is 0. The molecule has 73 heavy (non-hydrogen) atoms. The van der Waals surface area contributed by atoms with Crippen molar-refractivity contribution in [1.29, 1.82) is 0 Å². The van der Waals surface area contributed by atoms with E-state index in [1.807, 2.05) is 0 Å². The van der Waals surface area contributed by atoms with Crippen molar-refractivity contribution >= 4 is 55.7 Å². The lowest BCUT2D eigenvalue weighted by molar-refractivity contribution is 0.663. The lowest BCUT2D eigenvalue weighted by Crippen LogP contribution is -2.14. The van der Waals surface area contributed by atoms with E-state index in [1.54, 1.807) is 0 Å². The minimum atomic E-state index is -0.0507. The van der Waals surface area contributed by atoms with Crippen LogP contribution in [0.15, 0.2) is 279 Å². The van der Waals surface area contributed by atoms with Crippen LogP contribution < -0.4 is 9.80 Å². The maximum atomic E-state index is 2.41. The van der Waals surface area contributed by atoms with Gasteiger partial charge in [-0.1, -0.05) is 214 Å². The Balaban J connectivity index is 0.857. The highest BCUT2D eigenvalue weighted by Crippen LogP contribution is 2.51. The van der Waals surface area contributed by atoms with Crippen molar-refractivity contribution in [2.75, 3.05) is 9.80 Å². The van der Waals surface area contributed by atoms with Gasteiger partial charge in [-0.15, -0.1) is 0 Å². The van der Waals surface area contributed by atoms with Crippen molar-refractivity contribution in [1.82, 2.24) is 0 Å². The average Bonchev–Trinajstić information content (AvgIpc) is 3.70. The molecule has 0 fully saturated rings. The molecule has 0 N–H and O–H groups in total. The van der Waals surface area contributed by atoms with Crippen molar-refractivity contribution in [3.63, 3.8) is 0 Å². The van der Waals surface area contributed by atoms with Gasteiger partial charge in [0, 0.05) is 39.5 Å². The average molecular weight is 933 g/mol. The second kappa shape index (κ2) is 18.2. The van der Waals surface area contributed by atoms with Crippen LogP contribution in [0, 0.1) is 0 Å². The van der Waals surface area contributed by atoms with Crippen LogP contribution in [0.2, 0.25) is 0 Å². The van der Waals surface area contributed by atoms with E-state index >= 15 is 0 Å². The lowest BCUT2D eigenvalue weighted by Gasteiger charge is -2.27. The summed E-state index contributed by atoms with van der Waals surface area (Å²) in [5, 5.41) is 5.39. The Labute approximate surface area is 428 Å². The zero-order valence-corrected chi connectivity index (χ0v) is 41.0. The highest BCUT2D eigenvalue weighted by molar-refractivity contribution is 6.19. The number of anilines is 6. The molecule has 0 bridgehead atoms. The van der Waals surface area contributed by atoms with Gasteiger partial charge in [-0.05, 0) is 167 Å². The van der Waals surface area contributed by atoms with Gasteiger partial charge in [-0.25, -0.2) is 0 Å². The van der Waals surface area contributed by atoms with E-state index in [2.05, 4.69) is 303 Å². The summed E-state index contributed by atoms with van der Waals surface area (Å²) in [6, 6.07) is 102. The predicted molar refractivity (Wildman–Crippen MR) is 310 cm³/mol. The molecule has 0 atom stereocenters. The summed E-state index contributed by atoms with van der Waals surface area (Å²) < 4.78 is 0. The molecule has 1 aliphatic rings. The molecular weight excluding hydrogens is 881 g/mol. The van der Waals surface area contributed by atoms with Crippen LogP contribution in [0.1, 0.15) is 25.0 Å². The molecule has 0 heterocycles. The fourth-order valence-electron chi connectivity index (χ4n) is 11.3. The third-order valence-electron chi connectivity index (χ3n) is 15.0. The van der Waals surface area contributed by atoms with Crippen LogP contribution in [0.3, 0.4) is 0 Å². The molecule has 12 aromatic carbocycles. The minimum Gasteiger partial charge on any atom is -0.311 e. The van der Waals surface area contributed by atoms with E-state index in [0.29, 0.717) is 0 Å². The van der Waals surface area contributed by atoms with Crippen LogP contribution in [0.5, 0.6) is 0 Å². The highest BCUT2D eigenvalue weighted by Gasteiger charge is 2.34. The Bertz CT molecular complexity index is 3840. The number of rotatable bonds is 11. The van der Waals surface area contributed by atoms with E-state index in [0.717, 1.165) is 45.3 Å². The van der Waals surface area contributed by atoms with Gasteiger partial charge < -0.3 is 9.80 Å². The molecule has 0 unspecified atom stereocenters. The largest absolute Gasteiger partial charge is 0.311 e. The second-order valence-electron chi connectivity index (χ2n) is 19.7. The minimum absolute atomic E-state index is 0.0507. The molecule has 0 aliphatic heterocycles.